The topological polar surface area (TPSA) is 17.3 Å². The van der Waals surface area contributed by atoms with Gasteiger partial charge in [-0.2, -0.15) is 0 Å². The minimum Gasteiger partial charge on any atom is -0.687 e. The van der Waals surface area contributed by atoms with Crippen LogP contribution in [0.5, 0.6) is 0 Å². The van der Waals surface area contributed by atoms with Crippen LogP contribution in [-0.4, -0.2) is 20.1 Å². The Kier molecular flexibility index (Phi) is 3.62. The second-order valence-corrected chi connectivity index (χ2v) is 2.91. The molecule has 0 fully saturated rings. The van der Waals surface area contributed by atoms with Gasteiger partial charge in [0.05, 0.1) is 0 Å². The van der Waals surface area contributed by atoms with E-state index >= 15 is 0 Å². The molecule has 2 nitrogen and oxygen atoms in total. The average molecular weight is 177 g/mol. The molecule has 0 radical (unpaired) electrons. The molecule has 1 aromatic rings. The molecule has 0 amide bonds. The molecule has 0 saturated carbocycles. The Morgan fingerprint density at radius 2 is 1.62 bits per heavy atom. The molecule has 0 aliphatic rings. The maximum Gasteiger partial charge on any atom is 0.0365 e. The highest BCUT2D eigenvalue weighted by molar-refractivity contribution is 5.56. The minimum atomic E-state index is 1.04. The lowest BCUT2D eigenvalue weighted by Crippen LogP contribution is -2.21. The molecule has 0 bridgehead atoms. The van der Waals surface area contributed by atoms with E-state index in [9.17, 15) is 0 Å². The van der Waals surface area contributed by atoms with Crippen molar-refractivity contribution in [1.82, 2.24) is 0 Å². The molecular weight excluding hydrogens is 160 g/mol. The van der Waals surface area contributed by atoms with Gasteiger partial charge in [-0.3, -0.25) is 0 Å². The Morgan fingerprint density at radius 3 is 2.00 bits per heavy atom. The first kappa shape index (κ1) is 9.90. The van der Waals surface area contributed by atoms with E-state index < -0.39 is 0 Å². The summed E-state index contributed by atoms with van der Waals surface area (Å²) < 4.78 is 0. The summed E-state index contributed by atoms with van der Waals surface area (Å²) in [5.41, 5.74) is 2.31. The molecule has 0 saturated heterocycles. The Morgan fingerprint density at radius 1 is 1.08 bits per heavy atom. The Hall–Kier alpha value is -1.18. The Bertz CT molecular complexity index is 237. The first-order valence-corrected chi connectivity index (χ1v) is 4.76. The summed E-state index contributed by atoms with van der Waals surface area (Å²) in [7, 11) is 1.81. The Balaban J connectivity index is 2.78. The summed E-state index contributed by atoms with van der Waals surface area (Å²) in [4.78, 5) is 2.32. The standard InChI is InChI=1S/C11H17N2/c1-4-13(5-2)11-8-6-10(12-3)7-9-11/h6-9H,4-5H2,1-3H3/q-1. The largest absolute Gasteiger partial charge is 0.687 e. The average Bonchev–Trinajstić information content (AvgIpc) is 2.21. The second kappa shape index (κ2) is 4.75. The number of benzene rings is 1. The van der Waals surface area contributed by atoms with Crippen LogP contribution in [0.15, 0.2) is 24.3 Å². The van der Waals surface area contributed by atoms with Crippen LogP contribution in [0.25, 0.3) is 5.32 Å². The lowest BCUT2D eigenvalue weighted by atomic mass is 10.2. The van der Waals surface area contributed by atoms with Gasteiger partial charge in [-0.25, -0.2) is 0 Å². The highest BCUT2D eigenvalue weighted by atomic mass is 15.1. The van der Waals surface area contributed by atoms with Crippen LogP contribution in [0, 0.1) is 0 Å². The van der Waals surface area contributed by atoms with Gasteiger partial charge in [0.25, 0.3) is 0 Å². The summed E-state index contributed by atoms with van der Waals surface area (Å²) in [5.74, 6) is 0. The van der Waals surface area contributed by atoms with Crippen molar-refractivity contribution < 1.29 is 0 Å². The molecule has 0 aliphatic heterocycles. The van der Waals surface area contributed by atoms with Crippen molar-refractivity contribution in [3.8, 4) is 0 Å². The van der Waals surface area contributed by atoms with E-state index in [-0.39, 0.29) is 0 Å². The van der Waals surface area contributed by atoms with Gasteiger partial charge in [0.2, 0.25) is 0 Å². The number of nitrogens with zero attached hydrogens (tertiary/aromatic N) is 2. The fourth-order valence-corrected chi connectivity index (χ4v) is 1.40. The van der Waals surface area contributed by atoms with Crippen molar-refractivity contribution >= 4 is 11.4 Å². The molecule has 1 rings (SSSR count). The van der Waals surface area contributed by atoms with Gasteiger partial charge < -0.3 is 10.2 Å². The van der Waals surface area contributed by atoms with Crippen LogP contribution in [-0.2, 0) is 0 Å². The van der Waals surface area contributed by atoms with E-state index in [0.717, 1.165) is 18.8 Å². The van der Waals surface area contributed by atoms with Crippen molar-refractivity contribution in [3.05, 3.63) is 29.6 Å². The summed E-state index contributed by atoms with van der Waals surface area (Å²) in [5, 5.41) is 4.10. The summed E-state index contributed by atoms with van der Waals surface area (Å²) in [6.45, 7) is 6.45. The van der Waals surface area contributed by atoms with Gasteiger partial charge in [-0.15, -0.1) is 12.7 Å². The lowest BCUT2D eigenvalue weighted by molar-refractivity contribution is 0.866. The highest BCUT2D eigenvalue weighted by Crippen LogP contribution is 2.21. The molecule has 1 aromatic carbocycles. The number of rotatable bonds is 4. The third-order valence-electron chi connectivity index (χ3n) is 2.24. The van der Waals surface area contributed by atoms with Gasteiger partial charge >= 0.3 is 0 Å². The normalized spacial score (nSPS) is 9.77. The van der Waals surface area contributed by atoms with Gasteiger partial charge in [0.15, 0.2) is 0 Å². The van der Waals surface area contributed by atoms with Crippen molar-refractivity contribution in [1.29, 1.82) is 0 Å². The van der Waals surface area contributed by atoms with E-state index in [1.165, 1.54) is 5.69 Å². The SMILES string of the molecule is CCN(CC)c1ccc([N-]C)cc1. The zero-order chi connectivity index (χ0) is 9.68. The van der Waals surface area contributed by atoms with Gasteiger partial charge in [-0.05, 0) is 26.0 Å². The fourth-order valence-electron chi connectivity index (χ4n) is 1.40. The molecule has 0 aromatic heterocycles. The molecule has 0 atom stereocenters. The zero-order valence-corrected chi connectivity index (χ0v) is 8.62. The van der Waals surface area contributed by atoms with Crippen LogP contribution < -0.4 is 4.90 Å². The molecule has 13 heavy (non-hydrogen) atoms. The maximum atomic E-state index is 4.10. The predicted molar refractivity (Wildman–Crippen MR) is 58.9 cm³/mol. The third kappa shape index (κ3) is 2.38. The fraction of sp³-hybridized carbons (Fsp3) is 0.455. The van der Waals surface area contributed by atoms with Crippen molar-refractivity contribution in [2.24, 2.45) is 0 Å². The van der Waals surface area contributed by atoms with Crippen LogP contribution in [0.1, 0.15) is 13.8 Å². The molecule has 0 heterocycles. The van der Waals surface area contributed by atoms with Crippen LogP contribution in [0.2, 0.25) is 0 Å². The highest BCUT2D eigenvalue weighted by Gasteiger charge is 1.98. The maximum absolute atomic E-state index is 4.10. The van der Waals surface area contributed by atoms with E-state index in [1.807, 2.05) is 19.2 Å². The number of anilines is 1. The molecule has 0 unspecified atom stereocenters. The van der Waals surface area contributed by atoms with E-state index in [0.29, 0.717) is 0 Å². The van der Waals surface area contributed by atoms with E-state index in [4.69, 9.17) is 0 Å². The zero-order valence-electron chi connectivity index (χ0n) is 8.62. The second-order valence-electron chi connectivity index (χ2n) is 2.91. The first-order chi connectivity index (χ1) is 6.31. The molecule has 0 N–H and O–H groups in total. The van der Waals surface area contributed by atoms with Crippen molar-refractivity contribution in [3.63, 3.8) is 0 Å². The number of hydrogen-bond acceptors (Lipinski definition) is 1. The van der Waals surface area contributed by atoms with Gasteiger partial charge in [0.1, 0.15) is 0 Å². The van der Waals surface area contributed by atoms with Crippen molar-refractivity contribution in [2.45, 2.75) is 13.8 Å². The molecule has 0 spiro atoms. The Labute approximate surface area is 80.6 Å². The quantitative estimate of drug-likeness (QED) is 0.690. The molecular formula is C11H17N2-. The molecule has 2 heteroatoms. The van der Waals surface area contributed by atoms with Crippen LogP contribution in [0.4, 0.5) is 11.4 Å². The smallest absolute Gasteiger partial charge is 0.0365 e. The minimum absolute atomic E-state index is 1.04. The van der Waals surface area contributed by atoms with Crippen LogP contribution >= 0.6 is 0 Å². The number of hydrogen-bond donors (Lipinski definition) is 0. The summed E-state index contributed by atoms with van der Waals surface area (Å²) >= 11 is 0. The monoisotopic (exact) mass is 177 g/mol. The van der Waals surface area contributed by atoms with Crippen molar-refractivity contribution in [2.75, 3.05) is 25.0 Å². The third-order valence-corrected chi connectivity index (χ3v) is 2.24. The van der Waals surface area contributed by atoms with Gasteiger partial charge in [0, 0.05) is 18.8 Å². The summed E-state index contributed by atoms with van der Waals surface area (Å²) in [6, 6.07) is 8.34. The van der Waals surface area contributed by atoms with E-state index in [1.54, 1.807) is 0 Å². The predicted octanol–water partition coefficient (Wildman–Crippen LogP) is 3.17. The van der Waals surface area contributed by atoms with E-state index in [2.05, 4.69) is 36.2 Å². The molecule has 72 valence electrons. The first-order valence-electron chi connectivity index (χ1n) is 4.76. The molecule has 0 aliphatic carbocycles. The van der Waals surface area contributed by atoms with Crippen LogP contribution in [0.3, 0.4) is 0 Å². The lowest BCUT2D eigenvalue weighted by Gasteiger charge is -2.22. The summed E-state index contributed by atoms with van der Waals surface area (Å²) in [6.07, 6.45) is 0. The van der Waals surface area contributed by atoms with Gasteiger partial charge in [-0.1, -0.05) is 12.1 Å².